The molecule has 0 amide bonds. The third-order valence-corrected chi connectivity index (χ3v) is 4.75. The molecule has 0 saturated heterocycles. The van der Waals surface area contributed by atoms with E-state index < -0.39 is 10.1 Å². The van der Waals surface area contributed by atoms with Gasteiger partial charge in [0.15, 0.2) is 0 Å². The maximum Gasteiger partial charge on any atom is 0.264 e. The minimum Gasteiger partial charge on any atom is -0.286 e. The molecule has 4 heteroatoms. The summed E-state index contributed by atoms with van der Waals surface area (Å²) in [6.45, 7) is 0. The van der Waals surface area contributed by atoms with E-state index in [-0.39, 0.29) is 5.75 Å². The summed E-state index contributed by atoms with van der Waals surface area (Å²) in [6, 6.07) is 8.51. The number of hydrogen-bond donors (Lipinski definition) is 1. The van der Waals surface area contributed by atoms with Crippen LogP contribution in [0, 0.1) is 0 Å². The fraction of sp³-hybridized carbons (Fsp3) is 0.600. The molecular formula is C15H22O3S. The Morgan fingerprint density at radius 3 is 2.47 bits per heavy atom. The van der Waals surface area contributed by atoms with Crippen molar-refractivity contribution >= 4 is 10.1 Å². The summed E-state index contributed by atoms with van der Waals surface area (Å²) in [6.07, 6.45) is 7.44. The molecule has 0 atom stereocenters. The Labute approximate surface area is 115 Å². The molecule has 0 aromatic heterocycles. The van der Waals surface area contributed by atoms with Gasteiger partial charge in [-0.05, 0) is 49.1 Å². The molecule has 1 aliphatic carbocycles. The first-order chi connectivity index (χ1) is 9.06. The van der Waals surface area contributed by atoms with Crippen LogP contribution in [0.1, 0.15) is 55.6 Å². The third kappa shape index (κ3) is 4.62. The second-order valence-corrected chi connectivity index (χ2v) is 7.00. The van der Waals surface area contributed by atoms with Crippen LogP contribution in [0.15, 0.2) is 24.3 Å². The van der Waals surface area contributed by atoms with Crippen molar-refractivity contribution in [3.05, 3.63) is 35.4 Å². The standard InChI is InChI=1S/C15H22O3S/c16-19(17,18)12-6-5-10-14-9-3-4-11-15(14)13-7-1-2-8-13/h3-4,9,11,13H,1-2,5-8,10,12H2,(H,16,17,18). The first-order valence-electron chi connectivity index (χ1n) is 7.09. The minimum absolute atomic E-state index is 0.126. The fourth-order valence-electron chi connectivity index (χ4n) is 3.00. The predicted octanol–water partition coefficient (Wildman–Crippen LogP) is 3.55. The lowest BCUT2D eigenvalue weighted by molar-refractivity contribution is 0.480. The van der Waals surface area contributed by atoms with E-state index in [9.17, 15) is 8.42 Å². The van der Waals surface area contributed by atoms with Crippen molar-refractivity contribution in [2.75, 3.05) is 5.75 Å². The highest BCUT2D eigenvalue weighted by atomic mass is 32.2. The zero-order valence-electron chi connectivity index (χ0n) is 11.2. The van der Waals surface area contributed by atoms with Gasteiger partial charge in [0, 0.05) is 0 Å². The van der Waals surface area contributed by atoms with Crippen molar-refractivity contribution in [3.63, 3.8) is 0 Å². The van der Waals surface area contributed by atoms with Crippen LogP contribution in [0.25, 0.3) is 0 Å². The summed E-state index contributed by atoms with van der Waals surface area (Å²) < 4.78 is 30.1. The average molecular weight is 282 g/mol. The van der Waals surface area contributed by atoms with Gasteiger partial charge in [0.25, 0.3) is 10.1 Å². The Morgan fingerprint density at radius 2 is 1.79 bits per heavy atom. The van der Waals surface area contributed by atoms with Crippen molar-refractivity contribution < 1.29 is 13.0 Å². The molecule has 106 valence electrons. The van der Waals surface area contributed by atoms with Gasteiger partial charge in [-0.2, -0.15) is 8.42 Å². The normalized spacial score (nSPS) is 16.9. The van der Waals surface area contributed by atoms with Crippen LogP contribution >= 0.6 is 0 Å². The highest BCUT2D eigenvalue weighted by Crippen LogP contribution is 2.36. The Kier molecular flexibility index (Phi) is 4.99. The van der Waals surface area contributed by atoms with Crippen molar-refractivity contribution in [1.29, 1.82) is 0 Å². The van der Waals surface area contributed by atoms with Gasteiger partial charge in [-0.25, -0.2) is 0 Å². The van der Waals surface area contributed by atoms with E-state index in [1.54, 1.807) is 0 Å². The molecule has 0 spiro atoms. The molecule has 0 radical (unpaired) electrons. The van der Waals surface area contributed by atoms with Gasteiger partial charge in [-0.15, -0.1) is 0 Å². The molecule has 0 bridgehead atoms. The lowest BCUT2D eigenvalue weighted by Gasteiger charge is -2.15. The van der Waals surface area contributed by atoms with Crippen LogP contribution in [0.2, 0.25) is 0 Å². The summed E-state index contributed by atoms with van der Waals surface area (Å²) in [5, 5.41) is 0. The lowest BCUT2D eigenvalue weighted by Crippen LogP contribution is -2.05. The van der Waals surface area contributed by atoms with E-state index in [2.05, 4.69) is 24.3 Å². The third-order valence-electron chi connectivity index (χ3n) is 3.95. The van der Waals surface area contributed by atoms with E-state index in [0.29, 0.717) is 12.3 Å². The van der Waals surface area contributed by atoms with Gasteiger partial charge in [-0.3, -0.25) is 4.55 Å². The molecule has 1 aromatic rings. The van der Waals surface area contributed by atoms with Crippen molar-refractivity contribution in [1.82, 2.24) is 0 Å². The SMILES string of the molecule is O=S(=O)(O)CCCCc1ccccc1C1CCCC1. The number of unbranched alkanes of at least 4 members (excludes halogenated alkanes) is 1. The second-order valence-electron chi connectivity index (χ2n) is 5.42. The van der Waals surface area contributed by atoms with Crippen molar-refractivity contribution in [2.45, 2.75) is 50.9 Å². The van der Waals surface area contributed by atoms with Crippen LogP contribution < -0.4 is 0 Å². The number of hydrogen-bond acceptors (Lipinski definition) is 2. The molecule has 2 rings (SSSR count). The number of aryl methyl sites for hydroxylation is 1. The van der Waals surface area contributed by atoms with Gasteiger partial charge in [-0.1, -0.05) is 37.1 Å². The maximum atomic E-state index is 10.7. The van der Waals surface area contributed by atoms with E-state index in [0.717, 1.165) is 12.8 Å². The largest absolute Gasteiger partial charge is 0.286 e. The van der Waals surface area contributed by atoms with Crippen LogP contribution in [0.4, 0.5) is 0 Å². The zero-order valence-corrected chi connectivity index (χ0v) is 12.0. The molecule has 0 heterocycles. The summed E-state index contributed by atoms with van der Waals surface area (Å²) in [5.41, 5.74) is 2.80. The molecule has 1 aliphatic rings. The molecule has 1 N–H and O–H groups in total. The highest BCUT2D eigenvalue weighted by molar-refractivity contribution is 7.85. The smallest absolute Gasteiger partial charge is 0.264 e. The van der Waals surface area contributed by atoms with Gasteiger partial charge in [0.05, 0.1) is 5.75 Å². The Bertz CT molecular complexity index is 502. The summed E-state index contributed by atoms with van der Waals surface area (Å²) >= 11 is 0. The summed E-state index contributed by atoms with van der Waals surface area (Å²) in [4.78, 5) is 0. The average Bonchev–Trinajstić information content (AvgIpc) is 2.88. The van der Waals surface area contributed by atoms with Crippen molar-refractivity contribution in [3.8, 4) is 0 Å². The predicted molar refractivity (Wildman–Crippen MR) is 77.0 cm³/mol. The molecular weight excluding hydrogens is 260 g/mol. The van der Waals surface area contributed by atoms with Gasteiger partial charge < -0.3 is 0 Å². The Balaban J connectivity index is 1.92. The summed E-state index contributed by atoms with van der Waals surface area (Å²) in [5.74, 6) is 0.566. The van der Waals surface area contributed by atoms with E-state index in [4.69, 9.17) is 4.55 Å². The molecule has 1 aromatic carbocycles. The van der Waals surface area contributed by atoms with Crippen LogP contribution in [-0.4, -0.2) is 18.7 Å². The monoisotopic (exact) mass is 282 g/mol. The first kappa shape index (κ1) is 14.5. The maximum absolute atomic E-state index is 10.7. The van der Waals surface area contributed by atoms with Gasteiger partial charge in [0.1, 0.15) is 0 Å². The number of rotatable bonds is 6. The van der Waals surface area contributed by atoms with Gasteiger partial charge >= 0.3 is 0 Å². The lowest BCUT2D eigenvalue weighted by atomic mass is 9.91. The first-order valence-corrected chi connectivity index (χ1v) is 8.70. The Morgan fingerprint density at radius 1 is 1.11 bits per heavy atom. The molecule has 1 fully saturated rings. The quantitative estimate of drug-likeness (QED) is 0.641. The molecule has 3 nitrogen and oxygen atoms in total. The Hall–Kier alpha value is -0.870. The molecule has 0 unspecified atom stereocenters. The van der Waals surface area contributed by atoms with Gasteiger partial charge in [0.2, 0.25) is 0 Å². The number of benzene rings is 1. The second kappa shape index (κ2) is 6.53. The molecule has 19 heavy (non-hydrogen) atoms. The molecule has 1 saturated carbocycles. The topological polar surface area (TPSA) is 54.4 Å². The van der Waals surface area contributed by atoms with Crippen LogP contribution in [0.3, 0.4) is 0 Å². The van der Waals surface area contributed by atoms with E-state index >= 15 is 0 Å². The van der Waals surface area contributed by atoms with Crippen LogP contribution in [-0.2, 0) is 16.5 Å². The van der Waals surface area contributed by atoms with E-state index in [1.807, 2.05) is 0 Å². The van der Waals surface area contributed by atoms with Crippen molar-refractivity contribution in [2.24, 2.45) is 0 Å². The minimum atomic E-state index is -3.80. The zero-order chi connectivity index (χ0) is 13.7. The molecule has 0 aliphatic heterocycles. The van der Waals surface area contributed by atoms with Crippen LogP contribution in [0.5, 0.6) is 0 Å². The highest BCUT2D eigenvalue weighted by Gasteiger charge is 2.19. The summed E-state index contributed by atoms with van der Waals surface area (Å²) in [7, 11) is -3.80. The van der Waals surface area contributed by atoms with E-state index in [1.165, 1.54) is 36.8 Å². The fourth-order valence-corrected chi connectivity index (χ4v) is 3.57.